The highest BCUT2D eigenvalue weighted by molar-refractivity contribution is 6.01. The summed E-state index contributed by atoms with van der Waals surface area (Å²) in [5.74, 6) is -1.73. The number of hydrogen-bond donors (Lipinski definition) is 2. The van der Waals surface area contributed by atoms with E-state index < -0.39 is 5.97 Å². The topological polar surface area (TPSA) is 72.9 Å². The molecule has 1 heterocycles. The van der Waals surface area contributed by atoms with Crippen LogP contribution < -0.4 is 10.2 Å². The van der Waals surface area contributed by atoms with Crippen LogP contribution in [0, 0.1) is 11.7 Å². The third-order valence-electron chi connectivity index (χ3n) is 5.11. The average Bonchev–Trinajstić information content (AvgIpc) is 2.70. The van der Waals surface area contributed by atoms with Crippen molar-refractivity contribution in [3.05, 3.63) is 59.4 Å². The first-order valence-corrected chi connectivity index (χ1v) is 9.74. The molecule has 0 aliphatic carbocycles. The predicted molar refractivity (Wildman–Crippen MR) is 111 cm³/mol. The molecule has 1 aliphatic rings. The van der Waals surface area contributed by atoms with Crippen molar-refractivity contribution in [3.8, 4) is 0 Å². The monoisotopic (exact) mass is 399 g/mol. The molecule has 29 heavy (non-hydrogen) atoms. The highest BCUT2D eigenvalue weighted by atomic mass is 19.1. The molecule has 0 bridgehead atoms. The summed E-state index contributed by atoms with van der Waals surface area (Å²) in [7, 11) is 0. The first-order chi connectivity index (χ1) is 13.8. The molecule has 0 atom stereocenters. The van der Waals surface area contributed by atoms with Crippen molar-refractivity contribution < 1.29 is 19.1 Å². The van der Waals surface area contributed by atoms with Crippen LogP contribution in [-0.2, 0) is 11.3 Å². The second-order valence-corrected chi connectivity index (χ2v) is 7.53. The van der Waals surface area contributed by atoms with Gasteiger partial charge in [-0.2, -0.15) is 0 Å². The smallest absolute Gasteiger partial charge is 0.337 e. The van der Waals surface area contributed by atoms with Gasteiger partial charge in [0.25, 0.3) is 0 Å². The van der Waals surface area contributed by atoms with E-state index in [0.717, 1.165) is 18.8 Å². The van der Waals surface area contributed by atoms with E-state index >= 15 is 0 Å². The lowest BCUT2D eigenvalue weighted by Gasteiger charge is -2.36. The molecule has 0 spiro atoms. The molecule has 2 N–H and O–H groups in total. The minimum atomic E-state index is -1.08. The molecule has 0 saturated carbocycles. The quantitative estimate of drug-likeness (QED) is 0.779. The van der Waals surface area contributed by atoms with Crippen LogP contribution in [0.4, 0.5) is 15.8 Å². The van der Waals surface area contributed by atoms with E-state index in [9.17, 15) is 19.1 Å². The zero-order chi connectivity index (χ0) is 21.0. The fraction of sp³-hybridized carbons (Fsp3) is 0.364. The largest absolute Gasteiger partial charge is 0.478 e. The molecule has 1 saturated heterocycles. The highest BCUT2D eigenvalue weighted by Crippen LogP contribution is 2.25. The number of halogens is 1. The lowest BCUT2D eigenvalue weighted by molar-refractivity contribution is -0.118. The predicted octanol–water partition coefficient (Wildman–Crippen LogP) is 3.44. The molecule has 1 amide bonds. The summed E-state index contributed by atoms with van der Waals surface area (Å²) in [5, 5.41) is 12.2. The Morgan fingerprint density at radius 2 is 1.79 bits per heavy atom. The van der Waals surface area contributed by atoms with Gasteiger partial charge in [0.2, 0.25) is 5.91 Å². The van der Waals surface area contributed by atoms with Crippen molar-refractivity contribution in [2.45, 2.75) is 20.4 Å². The molecule has 0 unspecified atom stereocenters. The lowest BCUT2D eigenvalue weighted by atomic mass is 10.1. The fourth-order valence-electron chi connectivity index (χ4n) is 3.32. The third-order valence-corrected chi connectivity index (χ3v) is 5.11. The maximum atomic E-state index is 13.9. The number of carboxylic acid groups (broad SMARTS) is 1. The Balaban J connectivity index is 1.67. The Hall–Kier alpha value is -2.93. The molecule has 6 nitrogen and oxygen atoms in total. The minimum absolute atomic E-state index is 0.0743. The number of carbonyl (C=O) groups excluding carboxylic acids is 1. The minimum Gasteiger partial charge on any atom is -0.478 e. The van der Waals surface area contributed by atoms with Crippen LogP contribution in [0.3, 0.4) is 0 Å². The number of amides is 1. The molecule has 0 aromatic heterocycles. The van der Waals surface area contributed by atoms with E-state index in [-0.39, 0.29) is 23.2 Å². The summed E-state index contributed by atoms with van der Waals surface area (Å²) in [6.07, 6.45) is 0. The molecule has 1 fully saturated rings. The van der Waals surface area contributed by atoms with Crippen LogP contribution in [0.15, 0.2) is 42.5 Å². The Morgan fingerprint density at radius 1 is 1.10 bits per heavy atom. The zero-order valence-corrected chi connectivity index (χ0v) is 16.7. The first-order valence-electron chi connectivity index (χ1n) is 9.74. The number of carbonyl (C=O) groups is 2. The molecule has 0 radical (unpaired) electrons. The molecule has 1 aliphatic heterocycles. The maximum absolute atomic E-state index is 13.9. The van der Waals surface area contributed by atoms with E-state index in [4.69, 9.17) is 0 Å². The van der Waals surface area contributed by atoms with Crippen molar-refractivity contribution in [1.82, 2.24) is 4.90 Å². The summed E-state index contributed by atoms with van der Waals surface area (Å²) < 4.78 is 13.9. The molecular formula is C22H26FN3O3. The van der Waals surface area contributed by atoms with Crippen molar-refractivity contribution in [2.75, 3.05) is 36.4 Å². The van der Waals surface area contributed by atoms with E-state index in [2.05, 4.69) is 15.1 Å². The van der Waals surface area contributed by atoms with E-state index in [1.54, 1.807) is 38.1 Å². The number of hydrogen-bond acceptors (Lipinski definition) is 4. The second-order valence-electron chi connectivity index (χ2n) is 7.53. The van der Waals surface area contributed by atoms with Crippen molar-refractivity contribution >= 4 is 23.3 Å². The van der Waals surface area contributed by atoms with Crippen LogP contribution in [0.2, 0.25) is 0 Å². The van der Waals surface area contributed by atoms with Gasteiger partial charge in [0.15, 0.2) is 0 Å². The number of nitrogens with zero attached hydrogens (tertiary/aromatic N) is 2. The average molecular weight is 399 g/mol. The number of carboxylic acids is 1. The standard InChI is InChI=1S/C22H26FN3O3/c1-15(2)21(27)24-20-8-7-17(13-18(20)22(28)29)26-11-9-25(10-12-26)14-16-5-3-4-6-19(16)23/h3-8,13,15H,9-12,14H2,1-2H3,(H,24,27)(H,28,29). The van der Waals surface area contributed by atoms with Gasteiger partial charge >= 0.3 is 5.97 Å². The number of aromatic carboxylic acids is 1. The highest BCUT2D eigenvalue weighted by Gasteiger charge is 2.21. The number of nitrogens with one attached hydrogen (secondary N) is 1. The number of benzene rings is 2. The lowest BCUT2D eigenvalue weighted by Crippen LogP contribution is -2.46. The summed E-state index contributed by atoms with van der Waals surface area (Å²) >= 11 is 0. The van der Waals surface area contributed by atoms with Gasteiger partial charge in [0.1, 0.15) is 5.82 Å². The summed E-state index contributed by atoms with van der Waals surface area (Å²) in [5.41, 5.74) is 1.86. The zero-order valence-electron chi connectivity index (χ0n) is 16.7. The van der Waals surface area contributed by atoms with Gasteiger partial charge in [0.05, 0.1) is 11.3 Å². The van der Waals surface area contributed by atoms with Crippen LogP contribution in [0.25, 0.3) is 0 Å². The summed E-state index contributed by atoms with van der Waals surface area (Å²) in [4.78, 5) is 27.9. The molecule has 154 valence electrons. The van der Waals surface area contributed by atoms with Crippen LogP contribution >= 0.6 is 0 Å². The fourth-order valence-corrected chi connectivity index (χ4v) is 3.32. The molecule has 3 rings (SSSR count). The molecule has 7 heteroatoms. The number of rotatable bonds is 6. The Labute approximate surface area is 169 Å². The maximum Gasteiger partial charge on any atom is 0.337 e. The van der Waals surface area contributed by atoms with Gasteiger partial charge in [-0.25, -0.2) is 9.18 Å². The summed E-state index contributed by atoms with van der Waals surface area (Å²) in [6, 6.07) is 11.9. The first kappa shape index (κ1) is 20.8. The van der Waals surface area contributed by atoms with E-state index in [0.29, 0.717) is 30.9 Å². The normalized spacial score (nSPS) is 14.8. The van der Waals surface area contributed by atoms with E-state index in [1.807, 2.05) is 12.1 Å². The number of piperazine rings is 1. The second kappa shape index (κ2) is 9.05. The van der Waals surface area contributed by atoms with Gasteiger partial charge in [-0.3, -0.25) is 9.69 Å². The van der Waals surface area contributed by atoms with E-state index in [1.165, 1.54) is 6.07 Å². The molecule has 2 aromatic carbocycles. The van der Waals surface area contributed by atoms with Gasteiger partial charge < -0.3 is 15.3 Å². The Kier molecular flexibility index (Phi) is 6.49. The van der Waals surface area contributed by atoms with Crippen molar-refractivity contribution in [1.29, 1.82) is 0 Å². The SMILES string of the molecule is CC(C)C(=O)Nc1ccc(N2CCN(Cc3ccccc3F)CC2)cc1C(=O)O. The van der Waals surface area contributed by atoms with Gasteiger partial charge in [-0.1, -0.05) is 32.0 Å². The number of anilines is 2. The summed E-state index contributed by atoms with van der Waals surface area (Å²) in [6.45, 7) is 7.00. The Morgan fingerprint density at radius 3 is 2.41 bits per heavy atom. The van der Waals surface area contributed by atoms with Gasteiger partial charge in [-0.05, 0) is 24.3 Å². The van der Waals surface area contributed by atoms with Crippen LogP contribution in [0.1, 0.15) is 29.8 Å². The molecular weight excluding hydrogens is 373 g/mol. The van der Waals surface area contributed by atoms with Crippen LogP contribution in [0.5, 0.6) is 0 Å². The molecule has 2 aromatic rings. The third kappa shape index (κ3) is 5.12. The van der Waals surface area contributed by atoms with Crippen LogP contribution in [-0.4, -0.2) is 48.1 Å². The van der Waals surface area contributed by atoms with Crippen molar-refractivity contribution in [2.24, 2.45) is 5.92 Å². The van der Waals surface area contributed by atoms with Gasteiger partial charge in [0, 0.05) is 49.9 Å². The van der Waals surface area contributed by atoms with Gasteiger partial charge in [-0.15, -0.1) is 0 Å². The Bertz CT molecular complexity index is 893. The van der Waals surface area contributed by atoms with Crippen molar-refractivity contribution in [3.63, 3.8) is 0 Å².